The summed E-state index contributed by atoms with van der Waals surface area (Å²) in [5.41, 5.74) is -0.155. The zero-order valence-corrected chi connectivity index (χ0v) is 16.5. The van der Waals surface area contributed by atoms with E-state index in [9.17, 15) is 15.0 Å². The Kier molecular flexibility index (Phi) is 5.95. The average molecular weight is 402 g/mol. The minimum Gasteiger partial charge on any atom is -0.491 e. The van der Waals surface area contributed by atoms with Gasteiger partial charge in [0.2, 0.25) is 0 Å². The van der Waals surface area contributed by atoms with E-state index in [1.165, 1.54) is 0 Å². The Balaban J connectivity index is 1.28. The molecule has 29 heavy (non-hydrogen) atoms. The summed E-state index contributed by atoms with van der Waals surface area (Å²) in [6, 6.07) is 9.37. The number of carboxylic acids is 1. The molecule has 3 aliphatic rings. The highest BCUT2D eigenvalue weighted by atomic mass is 16.5. The molecule has 1 aliphatic heterocycles. The SMILES string of the molecule is O=C(O)CC[C@@H]1CC12CC[C@@H]1[C@@H](/C=C/[C@@H](O)COc3ccccc3)[C@H](O)C[C@@H]1O2. The third-order valence-electron chi connectivity index (χ3n) is 6.78. The van der Waals surface area contributed by atoms with Crippen molar-refractivity contribution in [2.75, 3.05) is 6.61 Å². The van der Waals surface area contributed by atoms with Crippen molar-refractivity contribution in [1.82, 2.24) is 0 Å². The summed E-state index contributed by atoms with van der Waals surface area (Å²) >= 11 is 0. The molecule has 0 bridgehead atoms. The molecule has 4 rings (SSSR count). The van der Waals surface area contributed by atoms with Crippen LogP contribution in [-0.4, -0.2) is 51.8 Å². The van der Waals surface area contributed by atoms with Crippen LogP contribution in [0.25, 0.3) is 0 Å². The molecule has 1 unspecified atom stereocenters. The molecule has 158 valence electrons. The summed E-state index contributed by atoms with van der Waals surface area (Å²) in [6.45, 7) is 0.169. The summed E-state index contributed by atoms with van der Waals surface area (Å²) in [5, 5.41) is 29.7. The quantitative estimate of drug-likeness (QED) is 0.579. The number of rotatable bonds is 8. The third-order valence-corrected chi connectivity index (χ3v) is 6.78. The summed E-state index contributed by atoms with van der Waals surface area (Å²) in [5.74, 6) is 0.517. The van der Waals surface area contributed by atoms with Gasteiger partial charge in [0.25, 0.3) is 0 Å². The van der Waals surface area contributed by atoms with Crippen LogP contribution in [0.4, 0.5) is 0 Å². The van der Waals surface area contributed by atoms with Crippen LogP contribution >= 0.6 is 0 Å². The molecule has 1 aromatic rings. The van der Waals surface area contributed by atoms with Crippen molar-refractivity contribution >= 4 is 5.97 Å². The van der Waals surface area contributed by atoms with Crippen molar-refractivity contribution in [2.24, 2.45) is 17.8 Å². The van der Waals surface area contributed by atoms with Crippen molar-refractivity contribution in [3.05, 3.63) is 42.5 Å². The second-order valence-electron chi connectivity index (χ2n) is 8.71. The van der Waals surface area contributed by atoms with Crippen LogP contribution in [0.2, 0.25) is 0 Å². The molecule has 7 atom stereocenters. The number of aliphatic hydroxyl groups excluding tert-OH is 2. The van der Waals surface area contributed by atoms with Crippen LogP contribution in [0, 0.1) is 17.8 Å². The number of aliphatic hydroxyl groups is 2. The van der Waals surface area contributed by atoms with Gasteiger partial charge in [0.15, 0.2) is 0 Å². The van der Waals surface area contributed by atoms with Gasteiger partial charge in [-0.15, -0.1) is 0 Å². The van der Waals surface area contributed by atoms with Gasteiger partial charge in [-0.1, -0.05) is 30.4 Å². The molecule has 1 aromatic carbocycles. The smallest absolute Gasteiger partial charge is 0.303 e. The number of fused-ring (bicyclic) bond motifs is 1. The number of hydrogen-bond acceptors (Lipinski definition) is 5. The predicted molar refractivity (Wildman–Crippen MR) is 107 cm³/mol. The highest BCUT2D eigenvalue weighted by Gasteiger charge is 2.60. The number of ether oxygens (including phenoxy) is 2. The number of benzene rings is 1. The van der Waals surface area contributed by atoms with E-state index in [-0.39, 0.29) is 36.6 Å². The summed E-state index contributed by atoms with van der Waals surface area (Å²) in [7, 11) is 0. The fraction of sp³-hybridized carbons (Fsp3) is 0.609. The number of carboxylic acid groups (broad SMARTS) is 1. The second-order valence-corrected chi connectivity index (χ2v) is 8.71. The minimum absolute atomic E-state index is 0.0148. The van der Waals surface area contributed by atoms with Crippen LogP contribution in [-0.2, 0) is 9.53 Å². The fourth-order valence-electron chi connectivity index (χ4n) is 5.14. The summed E-state index contributed by atoms with van der Waals surface area (Å²) < 4.78 is 12.0. The molecule has 2 aliphatic carbocycles. The van der Waals surface area contributed by atoms with Crippen LogP contribution in [0.15, 0.2) is 42.5 Å². The molecule has 0 aromatic heterocycles. The van der Waals surface area contributed by atoms with Gasteiger partial charge in [-0.3, -0.25) is 4.79 Å². The normalized spacial score (nSPS) is 36.8. The number of hydrogen-bond donors (Lipinski definition) is 3. The fourth-order valence-corrected chi connectivity index (χ4v) is 5.14. The topological polar surface area (TPSA) is 96.2 Å². The molecule has 6 nitrogen and oxygen atoms in total. The van der Waals surface area contributed by atoms with E-state index in [2.05, 4.69) is 0 Å². The lowest BCUT2D eigenvalue weighted by molar-refractivity contribution is -0.137. The number of carbonyl (C=O) groups is 1. The molecule has 3 N–H and O–H groups in total. The van der Waals surface area contributed by atoms with E-state index in [0.717, 1.165) is 19.3 Å². The van der Waals surface area contributed by atoms with Crippen molar-refractivity contribution in [1.29, 1.82) is 0 Å². The maximum Gasteiger partial charge on any atom is 0.303 e. The Morgan fingerprint density at radius 3 is 2.90 bits per heavy atom. The standard InChI is InChI=1S/C23H30O6/c24-16(14-28-17-4-2-1-3-5-17)7-8-18-19-10-11-23(29-21(19)12-20(18)25)13-15(23)6-9-22(26)27/h1-5,7-8,15-16,18-21,24-25H,6,9-14H2,(H,26,27)/b8-7+/t15-,16-,18-,19-,20-,21+,23?/m1/s1. The molecule has 1 spiro atoms. The van der Waals surface area contributed by atoms with E-state index < -0.39 is 18.2 Å². The Labute approximate surface area is 171 Å². The van der Waals surface area contributed by atoms with E-state index in [4.69, 9.17) is 14.6 Å². The van der Waals surface area contributed by atoms with Crippen molar-refractivity contribution in [3.63, 3.8) is 0 Å². The van der Waals surface area contributed by atoms with Gasteiger partial charge in [0.1, 0.15) is 18.5 Å². The highest BCUT2D eigenvalue weighted by molar-refractivity contribution is 5.66. The van der Waals surface area contributed by atoms with Gasteiger partial charge in [0, 0.05) is 18.8 Å². The predicted octanol–water partition coefficient (Wildman–Crippen LogP) is 2.78. The Bertz CT molecular complexity index is 734. The van der Waals surface area contributed by atoms with Crippen LogP contribution in [0.5, 0.6) is 5.75 Å². The van der Waals surface area contributed by atoms with E-state index in [0.29, 0.717) is 24.5 Å². The average Bonchev–Trinajstić information content (AvgIpc) is 3.27. The number of aliphatic carboxylic acids is 1. The van der Waals surface area contributed by atoms with Crippen molar-refractivity contribution < 1.29 is 29.6 Å². The molecule has 1 saturated heterocycles. The van der Waals surface area contributed by atoms with E-state index in [1.807, 2.05) is 36.4 Å². The molecule has 1 heterocycles. The van der Waals surface area contributed by atoms with Crippen molar-refractivity contribution in [3.8, 4) is 5.75 Å². The molecular formula is C23H30O6. The summed E-state index contributed by atoms with van der Waals surface area (Å²) in [4.78, 5) is 10.8. The van der Waals surface area contributed by atoms with Gasteiger partial charge in [0.05, 0.1) is 17.8 Å². The minimum atomic E-state index is -0.753. The number of para-hydroxylation sites is 1. The summed E-state index contributed by atoms with van der Waals surface area (Å²) in [6.07, 6.45) is 6.75. The van der Waals surface area contributed by atoms with Gasteiger partial charge in [-0.05, 0) is 49.7 Å². The lowest BCUT2D eigenvalue weighted by Crippen LogP contribution is -2.36. The zero-order valence-electron chi connectivity index (χ0n) is 16.5. The lowest BCUT2D eigenvalue weighted by atomic mass is 9.84. The molecular weight excluding hydrogens is 372 g/mol. The van der Waals surface area contributed by atoms with Gasteiger partial charge >= 0.3 is 5.97 Å². The maximum absolute atomic E-state index is 10.8. The highest BCUT2D eigenvalue weighted by Crippen LogP contribution is 2.59. The third kappa shape index (κ3) is 4.65. The maximum atomic E-state index is 10.8. The molecule has 0 radical (unpaired) electrons. The van der Waals surface area contributed by atoms with Crippen LogP contribution < -0.4 is 4.74 Å². The molecule has 0 amide bonds. The van der Waals surface area contributed by atoms with E-state index >= 15 is 0 Å². The lowest BCUT2D eigenvalue weighted by Gasteiger charge is -2.35. The van der Waals surface area contributed by atoms with E-state index in [1.54, 1.807) is 6.08 Å². The van der Waals surface area contributed by atoms with Gasteiger partial charge < -0.3 is 24.8 Å². The van der Waals surface area contributed by atoms with Crippen molar-refractivity contribution in [2.45, 2.75) is 62.4 Å². The Hall–Kier alpha value is -1.89. The first-order valence-corrected chi connectivity index (χ1v) is 10.6. The first kappa shape index (κ1) is 20.4. The molecule has 2 saturated carbocycles. The Morgan fingerprint density at radius 2 is 2.14 bits per heavy atom. The molecule has 6 heteroatoms. The van der Waals surface area contributed by atoms with Gasteiger partial charge in [-0.2, -0.15) is 0 Å². The zero-order chi connectivity index (χ0) is 20.4. The first-order chi connectivity index (χ1) is 14.0. The second kappa shape index (κ2) is 8.46. The Morgan fingerprint density at radius 1 is 1.34 bits per heavy atom. The molecule has 3 fully saturated rings. The monoisotopic (exact) mass is 402 g/mol. The van der Waals surface area contributed by atoms with Gasteiger partial charge in [-0.25, -0.2) is 0 Å². The van der Waals surface area contributed by atoms with Crippen LogP contribution in [0.1, 0.15) is 38.5 Å². The largest absolute Gasteiger partial charge is 0.491 e. The van der Waals surface area contributed by atoms with Crippen LogP contribution in [0.3, 0.4) is 0 Å². The first-order valence-electron chi connectivity index (χ1n) is 10.6.